The number of nitrogens with one attached hydrogen (secondary N) is 1. The van der Waals surface area contributed by atoms with E-state index in [-0.39, 0.29) is 17.7 Å². The highest BCUT2D eigenvalue weighted by Gasteiger charge is 2.26. The summed E-state index contributed by atoms with van der Waals surface area (Å²) in [6.45, 7) is 8.20. The maximum atomic E-state index is 12.4. The van der Waals surface area contributed by atoms with Crippen molar-refractivity contribution in [2.24, 2.45) is 0 Å². The van der Waals surface area contributed by atoms with Gasteiger partial charge in [0.25, 0.3) is 5.91 Å². The summed E-state index contributed by atoms with van der Waals surface area (Å²) >= 11 is 3.41. The van der Waals surface area contributed by atoms with E-state index in [1.165, 1.54) is 0 Å². The second kappa shape index (κ2) is 6.64. The first-order chi connectivity index (χ1) is 11.8. The lowest BCUT2D eigenvalue weighted by atomic mass is 9.90. The molecule has 25 heavy (non-hydrogen) atoms. The highest BCUT2D eigenvalue weighted by atomic mass is 79.9. The van der Waals surface area contributed by atoms with E-state index in [0.717, 1.165) is 26.7 Å². The molecule has 130 valence electrons. The second-order valence-electron chi connectivity index (χ2n) is 6.92. The maximum Gasteiger partial charge on any atom is 0.257 e. The Bertz CT molecular complexity index is 856. The Labute approximate surface area is 156 Å². The standard InChI is InChI=1S/C20H21BrN2O2/c1-10(2)14-5-12(6-15(11(3)4)18(14)24)7-17-16-8-13(21)9-22-19(16)23-20(17)25/h5-11,24H,1-4H3,(H,22,23,25)/b17-7+. The molecule has 1 aliphatic heterocycles. The molecule has 0 fully saturated rings. The normalized spacial score (nSPS) is 15.2. The average molecular weight is 401 g/mol. The highest BCUT2D eigenvalue weighted by Crippen LogP contribution is 2.37. The van der Waals surface area contributed by atoms with Crippen LogP contribution in [0.4, 0.5) is 5.82 Å². The Morgan fingerprint density at radius 3 is 2.28 bits per heavy atom. The first-order valence-electron chi connectivity index (χ1n) is 8.33. The smallest absolute Gasteiger partial charge is 0.257 e. The summed E-state index contributed by atoms with van der Waals surface area (Å²) in [7, 11) is 0. The van der Waals surface area contributed by atoms with Gasteiger partial charge in [0, 0.05) is 16.2 Å². The van der Waals surface area contributed by atoms with E-state index < -0.39 is 0 Å². The van der Waals surface area contributed by atoms with E-state index in [0.29, 0.717) is 17.1 Å². The number of anilines is 1. The topological polar surface area (TPSA) is 62.2 Å². The van der Waals surface area contributed by atoms with Gasteiger partial charge < -0.3 is 10.4 Å². The van der Waals surface area contributed by atoms with Gasteiger partial charge in [0.05, 0.1) is 5.57 Å². The molecule has 0 spiro atoms. The number of halogens is 1. The number of amides is 1. The summed E-state index contributed by atoms with van der Waals surface area (Å²) < 4.78 is 0.824. The number of fused-ring (bicyclic) bond motifs is 1. The number of hydrogen-bond donors (Lipinski definition) is 2. The van der Waals surface area contributed by atoms with Crippen molar-refractivity contribution in [1.29, 1.82) is 0 Å². The molecule has 1 aliphatic rings. The number of phenolic OH excluding ortho intramolecular Hbond substituents is 1. The SMILES string of the molecule is CC(C)c1cc(/C=C2/C(=O)Nc3ncc(Br)cc32)cc(C(C)C)c1O. The first kappa shape index (κ1) is 17.7. The molecule has 1 aromatic carbocycles. The van der Waals surface area contributed by atoms with Crippen LogP contribution in [0.15, 0.2) is 28.9 Å². The summed E-state index contributed by atoms with van der Waals surface area (Å²) in [6.07, 6.45) is 3.53. The third kappa shape index (κ3) is 3.33. The summed E-state index contributed by atoms with van der Waals surface area (Å²) in [4.78, 5) is 16.6. The van der Waals surface area contributed by atoms with Gasteiger partial charge in [0.2, 0.25) is 0 Å². The fraction of sp³-hybridized carbons (Fsp3) is 0.300. The van der Waals surface area contributed by atoms with E-state index in [1.54, 1.807) is 6.20 Å². The van der Waals surface area contributed by atoms with Gasteiger partial charge in [-0.15, -0.1) is 0 Å². The van der Waals surface area contributed by atoms with Gasteiger partial charge in [-0.1, -0.05) is 27.7 Å². The highest BCUT2D eigenvalue weighted by molar-refractivity contribution is 9.10. The number of benzene rings is 1. The fourth-order valence-electron chi connectivity index (χ4n) is 3.02. The van der Waals surface area contributed by atoms with E-state index in [2.05, 4.69) is 53.9 Å². The van der Waals surface area contributed by atoms with Gasteiger partial charge in [-0.25, -0.2) is 4.98 Å². The molecule has 1 aromatic heterocycles. The molecule has 0 radical (unpaired) electrons. The Kier molecular flexibility index (Phi) is 4.69. The zero-order valence-corrected chi connectivity index (χ0v) is 16.3. The minimum absolute atomic E-state index is 0.161. The number of carbonyl (C=O) groups excluding carboxylic acids is 1. The average Bonchev–Trinajstić information content (AvgIpc) is 2.83. The van der Waals surface area contributed by atoms with Gasteiger partial charge in [0.1, 0.15) is 11.6 Å². The van der Waals surface area contributed by atoms with Gasteiger partial charge in [-0.05, 0) is 68.7 Å². The summed E-state index contributed by atoms with van der Waals surface area (Å²) in [5.74, 6) is 1.15. The van der Waals surface area contributed by atoms with Crippen LogP contribution in [0.1, 0.15) is 61.8 Å². The third-order valence-electron chi connectivity index (χ3n) is 4.37. The lowest BCUT2D eigenvalue weighted by Crippen LogP contribution is -2.04. The van der Waals surface area contributed by atoms with Crippen LogP contribution in [0.25, 0.3) is 11.6 Å². The summed E-state index contributed by atoms with van der Waals surface area (Å²) in [5, 5.41) is 13.3. The van der Waals surface area contributed by atoms with Crippen LogP contribution in [0.5, 0.6) is 5.75 Å². The minimum atomic E-state index is -0.161. The number of pyridine rings is 1. The van der Waals surface area contributed by atoms with E-state index in [9.17, 15) is 9.90 Å². The van der Waals surface area contributed by atoms with Gasteiger partial charge >= 0.3 is 0 Å². The molecule has 1 amide bonds. The molecule has 0 atom stereocenters. The Morgan fingerprint density at radius 1 is 1.12 bits per heavy atom. The minimum Gasteiger partial charge on any atom is -0.507 e. The molecule has 0 unspecified atom stereocenters. The molecule has 0 aliphatic carbocycles. The zero-order chi connectivity index (χ0) is 18.3. The number of aromatic hydroxyl groups is 1. The van der Waals surface area contributed by atoms with Crippen molar-refractivity contribution in [3.05, 3.63) is 51.1 Å². The van der Waals surface area contributed by atoms with Gasteiger partial charge in [-0.2, -0.15) is 0 Å². The van der Waals surface area contributed by atoms with Crippen LogP contribution in [0, 0.1) is 0 Å². The second-order valence-corrected chi connectivity index (χ2v) is 7.83. The maximum absolute atomic E-state index is 12.4. The lowest BCUT2D eigenvalue weighted by Gasteiger charge is -2.16. The molecule has 5 heteroatoms. The fourth-order valence-corrected chi connectivity index (χ4v) is 3.35. The van der Waals surface area contributed by atoms with Crippen molar-refractivity contribution >= 4 is 39.3 Å². The number of nitrogens with zero attached hydrogens (tertiary/aromatic N) is 1. The van der Waals surface area contributed by atoms with Crippen LogP contribution in [-0.4, -0.2) is 16.0 Å². The number of carbonyl (C=O) groups is 1. The van der Waals surface area contributed by atoms with E-state index >= 15 is 0 Å². The van der Waals surface area contributed by atoms with Crippen molar-refractivity contribution in [1.82, 2.24) is 4.98 Å². The van der Waals surface area contributed by atoms with Crippen LogP contribution in [0.2, 0.25) is 0 Å². The number of hydrogen-bond acceptors (Lipinski definition) is 3. The molecule has 3 rings (SSSR count). The summed E-state index contributed by atoms with van der Waals surface area (Å²) in [5.41, 5.74) is 4.06. The molecule has 0 bridgehead atoms. The predicted molar refractivity (Wildman–Crippen MR) is 105 cm³/mol. The Hall–Kier alpha value is -2.14. The van der Waals surface area contributed by atoms with Crippen molar-refractivity contribution in [3.8, 4) is 5.75 Å². The lowest BCUT2D eigenvalue weighted by molar-refractivity contribution is -0.110. The molecule has 2 N–H and O–H groups in total. The van der Waals surface area contributed by atoms with Crippen molar-refractivity contribution in [2.45, 2.75) is 39.5 Å². The zero-order valence-electron chi connectivity index (χ0n) is 14.7. The predicted octanol–water partition coefficient (Wildman–Crippen LogP) is 5.29. The molecule has 0 saturated carbocycles. The van der Waals surface area contributed by atoms with Crippen LogP contribution >= 0.6 is 15.9 Å². The summed E-state index contributed by atoms with van der Waals surface area (Å²) in [6, 6.07) is 5.80. The van der Waals surface area contributed by atoms with Crippen molar-refractivity contribution in [2.75, 3.05) is 5.32 Å². The largest absolute Gasteiger partial charge is 0.507 e. The molecular formula is C20H21BrN2O2. The third-order valence-corrected chi connectivity index (χ3v) is 4.80. The molecule has 4 nitrogen and oxygen atoms in total. The molecule has 2 aromatic rings. The van der Waals surface area contributed by atoms with Crippen LogP contribution in [0.3, 0.4) is 0 Å². The van der Waals surface area contributed by atoms with Gasteiger partial charge in [-0.3, -0.25) is 4.79 Å². The Morgan fingerprint density at radius 2 is 1.72 bits per heavy atom. The van der Waals surface area contributed by atoms with Crippen molar-refractivity contribution in [3.63, 3.8) is 0 Å². The monoisotopic (exact) mass is 400 g/mol. The van der Waals surface area contributed by atoms with Crippen molar-refractivity contribution < 1.29 is 9.90 Å². The number of phenols is 1. The van der Waals surface area contributed by atoms with Gasteiger partial charge in [0.15, 0.2) is 0 Å². The molecule has 0 saturated heterocycles. The number of aromatic nitrogens is 1. The first-order valence-corrected chi connectivity index (χ1v) is 9.13. The van der Waals surface area contributed by atoms with E-state index in [1.807, 2.05) is 24.3 Å². The molecule has 2 heterocycles. The molecular weight excluding hydrogens is 380 g/mol. The van der Waals surface area contributed by atoms with E-state index in [4.69, 9.17) is 0 Å². The quantitative estimate of drug-likeness (QED) is 0.687. The Balaban J connectivity index is 2.16. The van der Waals surface area contributed by atoms with Crippen LogP contribution < -0.4 is 5.32 Å². The number of rotatable bonds is 3. The van der Waals surface area contributed by atoms with Crippen LogP contribution in [-0.2, 0) is 4.79 Å².